The Hall–Kier alpha value is -4.29. The molecule has 1 unspecified atom stereocenters. The second-order valence-corrected chi connectivity index (χ2v) is 9.38. The van der Waals surface area contributed by atoms with Gasteiger partial charge >= 0.3 is 5.97 Å². The third-order valence-electron chi connectivity index (χ3n) is 6.22. The Morgan fingerprint density at radius 3 is 2.36 bits per heavy atom. The van der Waals surface area contributed by atoms with Crippen LogP contribution < -0.4 is 10.2 Å². The zero-order valence-corrected chi connectivity index (χ0v) is 25.8. The van der Waals surface area contributed by atoms with Crippen molar-refractivity contribution in [2.45, 2.75) is 94.2 Å². The zero-order valence-electron chi connectivity index (χ0n) is 25.8. The van der Waals surface area contributed by atoms with Gasteiger partial charge in [0, 0.05) is 30.9 Å². The first-order chi connectivity index (χ1) is 19.8. The van der Waals surface area contributed by atoms with Crippen molar-refractivity contribution in [3.63, 3.8) is 0 Å². The van der Waals surface area contributed by atoms with Crippen molar-refractivity contribution in [2.75, 3.05) is 16.9 Å². The molecule has 0 amide bonds. The van der Waals surface area contributed by atoms with Gasteiger partial charge in [0.05, 0.1) is 6.07 Å². The number of allylic oxidation sites excluding steroid dienone is 2. The van der Waals surface area contributed by atoms with E-state index in [0.717, 1.165) is 59.3 Å². The highest BCUT2D eigenvalue weighted by molar-refractivity contribution is 6.04. The molecular formula is C36H52N4O2. The number of esters is 1. The summed E-state index contributed by atoms with van der Waals surface area (Å²) in [6.45, 7) is 14.2. The van der Waals surface area contributed by atoms with Gasteiger partial charge in [0.15, 0.2) is 6.73 Å². The number of benzene rings is 2. The molecular weight excluding hydrogens is 520 g/mol. The molecule has 0 radical (unpaired) electrons. The standard InChI is InChI=1S/C33H40N4O2.C2H6.CH4.H2/c1-7-10-11-12-16-32(38)39-24-37(30-19-17-28(9-3)18-20-30)27(6)35-31(14-8-2)36-33-25(4)22-29(15-13-21-34)23-26(33)5;1-2;;/h3,8,13-15,17-20,22-23,27H,7,10-12,16,24H2,1-2,4-6H3,(H,35,36);1-2H3;1H4;1H/b14-8-,15-13+;;;. The van der Waals surface area contributed by atoms with Gasteiger partial charge in [-0.15, -0.1) is 6.42 Å². The monoisotopic (exact) mass is 572 g/mol. The molecule has 0 saturated heterocycles. The lowest BCUT2D eigenvalue weighted by atomic mass is 10.0. The lowest BCUT2D eigenvalue weighted by molar-refractivity contribution is -0.143. The maximum atomic E-state index is 12.4. The van der Waals surface area contributed by atoms with Gasteiger partial charge in [-0.05, 0) is 99.4 Å². The van der Waals surface area contributed by atoms with Gasteiger partial charge in [-0.2, -0.15) is 5.26 Å². The molecule has 0 bridgehead atoms. The van der Waals surface area contributed by atoms with Crippen LogP contribution in [0.2, 0.25) is 0 Å². The van der Waals surface area contributed by atoms with Crippen LogP contribution in [-0.4, -0.2) is 24.7 Å². The molecule has 2 aromatic rings. The summed E-state index contributed by atoms with van der Waals surface area (Å²) in [6, 6.07) is 13.7. The average molecular weight is 573 g/mol. The summed E-state index contributed by atoms with van der Waals surface area (Å²) in [6.07, 6.45) is 16.8. The molecule has 0 saturated carbocycles. The van der Waals surface area contributed by atoms with Crippen LogP contribution in [0.15, 0.2) is 59.6 Å². The summed E-state index contributed by atoms with van der Waals surface area (Å²) >= 11 is 0. The number of ether oxygens (including phenoxy) is 1. The summed E-state index contributed by atoms with van der Waals surface area (Å²) < 4.78 is 5.67. The minimum Gasteiger partial charge on any atom is -0.444 e. The van der Waals surface area contributed by atoms with Crippen LogP contribution in [0.25, 0.3) is 6.08 Å². The minimum atomic E-state index is -0.355. The highest BCUT2D eigenvalue weighted by atomic mass is 16.5. The summed E-state index contributed by atoms with van der Waals surface area (Å²) in [7, 11) is 0. The summed E-state index contributed by atoms with van der Waals surface area (Å²) in [5, 5.41) is 12.3. The Bertz CT molecular complexity index is 1240. The Balaban J connectivity index is 0. The lowest BCUT2D eigenvalue weighted by Crippen LogP contribution is -2.36. The highest BCUT2D eigenvalue weighted by Gasteiger charge is 2.17. The number of carbonyl (C=O) groups excluding carboxylic acids is 1. The predicted molar refractivity (Wildman–Crippen MR) is 183 cm³/mol. The zero-order chi connectivity index (χ0) is 30.6. The van der Waals surface area contributed by atoms with Crippen LogP contribution in [0.4, 0.5) is 11.4 Å². The number of aliphatic imine (C=N–C) groups is 1. The number of anilines is 2. The number of unbranched alkanes of at least 4 members (excludes halogenated alkanes) is 3. The highest BCUT2D eigenvalue weighted by Crippen LogP contribution is 2.24. The normalized spacial score (nSPS) is 11.5. The number of rotatable bonds is 13. The number of nitriles is 1. The van der Waals surface area contributed by atoms with E-state index < -0.39 is 0 Å². The summed E-state index contributed by atoms with van der Waals surface area (Å²) in [5.41, 5.74) is 5.62. The maximum absolute atomic E-state index is 12.4. The van der Waals surface area contributed by atoms with Gasteiger partial charge in [-0.1, -0.05) is 59.5 Å². The van der Waals surface area contributed by atoms with E-state index in [1.165, 1.54) is 6.08 Å². The van der Waals surface area contributed by atoms with Crippen LogP contribution in [0.5, 0.6) is 0 Å². The van der Waals surface area contributed by atoms with Crippen molar-refractivity contribution in [1.82, 2.24) is 0 Å². The van der Waals surface area contributed by atoms with Crippen LogP contribution in [0, 0.1) is 37.5 Å². The lowest BCUT2D eigenvalue weighted by Gasteiger charge is -2.29. The maximum Gasteiger partial charge on any atom is 0.307 e. The molecule has 0 heterocycles. The number of carbonyl (C=O) groups is 1. The number of nitrogens with one attached hydrogen (secondary N) is 1. The second-order valence-electron chi connectivity index (χ2n) is 9.38. The minimum absolute atomic E-state index is 0. The quantitative estimate of drug-likeness (QED) is 0.0492. The molecule has 0 aliphatic carbocycles. The molecule has 42 heavy (non-hydrogen) atoms. The van der Waals surface area contributed by atoms with Gasteiger partial charge in [0.25, 0.3) is 0 Å². The number of amidine groups is 1. The van der Waals surface area contributed by atoms with E-state index in [0.29, 0.717) is 12.3 Å². The van der Waals surface area contributed by atoms with Gasteiger partial charge in [-0.25, -0.2) is 4.99 Å². The van der Waals surface area contributed by atoms with Crippen molar-refractivity contribution >= 4 is 29.3 Å². The smallest absolute Gasteiger partial charge is 0.307 e. The molecule has 1 atom stereocenters. The molecule has 0 aliphatic rings. The first-order valence-corrected chi connectivity index (χ1v) is 14.5. The van der Waals surface area contributed by atoms with E-state index in [4.69, 9.17) is 21.4 Å². The summed E-state index contributed by atoms with van der Waals surface area (Å²) in [4.78, 5) is 19.3. The number of aryl methyl sites for hydroxylation is 2. The van der Waals surface area contributed by atoms with Crippen LogP contribution in [0.3, 0.4) is 0 Å². The number of nitrogens with zero attached hydrogens (tertiary/aromatic N) is 3. The molecule has 0 spiro atoms. The van der Waals surface area contributed by atoms with Crippen molar-refractivity contribution in [1.29, 1.82) is 5.26 Å². The first kappa shape index (κ1) is 37.7. The fourth-order valence-electron chi connectivity index (χ4n) is 4.15. The third kappa shape index (κ3) is 12.9. The predicted octanol–water partition coefficient (Wildman–Crippen LogP) is 9.44. The van der Waals surface area contributed by atoms with Gasteiger partial charge in [0.2, 0.25) is 0 Å². The van der Waals surface area contributed by atoms with E-state index in [9.17, 15) is 4.79 Å². The molecule has 0 aromatic heterocycles. The van der Waals surface area contributed by atoms with Crippen molar-refractivity contribution < 1.29 is 11.0 Å². The topological polar surface area (TPSA) is 77.7 Å². The van der Waals surface area contributed by atoms with Gasteiger partial charge in [-0.3, -0.25) is 4.79 Å². The average Bonchev–Trinajstić information content (AvgIpc) is 2.97. The second kappa shape index (κ2) is 21.5. The Labute approximate surface area is 256 Å². The fraction of sp³-hybridized carbons (Fsp3) is 0.417. The number of terminal acetylenes is 1. The number of hydrogen-bond donors (Lipinski definition) is 1. The largest absolute Gasteiger partial charge is 0.444 e. The van der Waals surface area contributed by atoms with Crippen molar-refractivity contribution in [3.8, 4) is 18.4 Å². The van der Waals surface area contributed by atoms with Crippen LogP contribution >= 0.6 is 0 Å². The van der Waals surface area contributed by atoms with E-state index >= 15 is 0 Å². The van der Waals surface area contributed by atoms with Gasteiger partial charge in [0.1, 0.15) is 12.0 Å². The van der Waals surface area contributed by atoms with Crippen LogP contribution in [0.1, 0.15) is 97.8 Å². The van der Waals surface area contributed by atoms with E-state index in [1.807, 2.05) is 101 Å². The Kier molecular flexibility index (Phi) is 19.3. The van der Waals surface area contributed by atoms with E-state index in [1.54, 1.807) is 6.08 Å². The number of hydrogen-bond acceptors (Lipinski definition) is 5. The molecule has 0 aliphatic heterocycles. The van der Waals surface area contributed by atoms with E-state index in [2.05, 4.69) is 18.2 Å². The molecule has 228 valence electrons. The third-order valence-corrected chi connectivity index (χ3v) is 6.22. The van der Waals surface area contributed by atoms with Crippen molar-refractivity contribution in [3.05, 3.63) is 76.9 Å². The van der Waals surface area contributed by atoms with Crippen LogP contribution in [-0.2, 0) is 9.53 Å². The SMILES string of the molecule is C.C#Cc1ccc(N(COC(=O)CCCCCC)C(C)/N=C(\C=C/C)Nc2c(C)cc(/C=C/C#N)cc2C)cc1.CC.[HH]. The summed E-state index contributed by atoms with van der Waals surface area (Å²) in [5.74, 6) is 3.10. The molecule has 1 N–H and O–H groups in total. The Morgan fingerprint density at radius 2 is 1.81 bits per heavy atom. The Morgan fingerprint density at radius 1 is 1.17 bits per heavy atom. The van der Waals surface area contributed by atoms with Crippen molar-refractivity contribution in [2.24, 2.45) is 4.99 Å². The molecule has 0 fully saturated rings. The molecule has 6 nitrogen and oxygen atoms in total. The first-order valence-electron chi connectivity index (χ1n) is 14.5. The molecule has 2 rings (SSSR count). The van der Waals surface area contributed by atoms with E-state index in [-0.39, 0.29) is 27.7 Å². The molecule has 2 aromatic carbocycles. The fourth-order valence-corrected chi connectivity index (χ4v) is 4.15. The molecule has 6 heteroatoms. The van der Waals surface area contributed by atoms with Gasteiger partial charge < -0.3 is 15.0 Å².